The van der Waals surface area contributed by atoms with E-state index in [-0.39, 0.29) is 29.8 Å². The predicted octanol–water partition coefficient (Wildman–Crippen LogP) is 6.83. The summed E-state index contributed by atoms with van der Waals surface area (Å²) in [7, 11) is 0. The van der Waals surface area contributed by atoms with E-state index in [4.69, 9.17) is 14.0 Å². The quantitative estimate of drug-likeness (QED) is 0.344. The van der Waals surface area contributed by atoms with Gasteiger partial charge in [-0.3, -0.25) is 0 Å². The molecule has 2 aliphatic heterocycles. The molecule has 2 N–H and O–H groups in total. The van der Waals surface area contributed by atoms with Gasteiger partial charge in [0.15, 0.2) is 0 Å². The van der Waals surface area contributed by atoms with Gasteiger partial charge in [-0.2, -0.15) is 0 Å². The Morgan fingerprint density at radius 1 is 1.05 bits per heavy atom. The monoisotopic (exact) mass is 563 g/mol. The fourth-order valence-corrected chi connectivity index (χ4v) is 7.66. The number of aromatic nitrogens is 1. The maximum atomic E-state index is 13.4. The summed E-state index contributed by atoms with van der Waals surface area (Å²) in [5.74, 6) is 1.39. The highest BCUT2D eigenvalue weighted by molar-refractivity contribution is 5.94. The van der Waals surface area contributed by atoms with Crippen LogP contribution in [0.3, 0.4) is 0 Å². The molecule has 5 fully saturated rings. The van der Waals surface area contributed by atoms with Crippen molar-refractivity contribution in [1.29, 1.82) is 0 Å². The predicted molar refractivity (Wildman–Crippen MR) is 151 cm³/mol. The first-order valence-electron chi connectivity index (χ1n) is 15.6. The molecular weight excluding hydrogens is 522 g/mol. The Balaban J connectivity index is 0.996. The van der Waals surface area contributed by atoms with Crippen molar-refractivity contribution in [1.82, 2.24) is 10.1 Å². The number of aromatic carboxylic acids is 1. The average Bonchev–Trinajstić information content (AvgIpc) is 3.89. The molecule has 9 heteroatoms. The molecule has 3 saturated carbocycles. The molecule has 2 unspecified atom stereocenters. The van der Waals surface area contributed by atoms with E-state index >= 15 is 0 Å². The largest absolute Gasteiger partial charge is 0.492 e. The molecule has 3 heterocycles. The van der Waals surface area contributed by atoms with E-state index in [2.05, 4.69) is 10.5 Å². The molecule has 2 aromatic rings. The van der Waals surface area contributed by atoms with Crippen LogP contribution >= 0.6 is 0 Å². The summed E-state index contributed by atoms with van der Waals surface area (Å²) < 4.78 is 18.2. The summed E-state index contributed by atoms with van der Waals surface area (Å²) in [4.78, 5) is 26.8. The minimum absolute atomic E-state index is 0.0984. The van der Waals surface area contributed by atoms with Crippen LogP contribution in [0.4, 0.5) is 10.5 Å². The lowest BCUT2D eigenvalue weighted by Crippen LogP contribution is -2.50. The van der Waals surface area contributed by atoms with E-state index in [0.717, 1.165) is 37.1 Å². The maximum absolute atomic E-state index is 13.4. The van der Waals surface area contributed by atoms with Crippen molar-refractivity contribution in [3.8, 4) is 5.75 Å². The van der Waals surface area contributed by atoms with E-state index in [1.54, 1.807) is 6.07 Å². The van der Waals surface area contributed by atoms with Crippen LogP contribution in [0.15, 0.2) is 22.7 Å². The Bertz CT molecular complexity index is 1290. The number of hydrogen-bond acceptors (Lipinski definition) is 6. The zero-order valence-corrected chi connectivity index (χ0v) is 23.9. The SMILES string of the molecule is CCOc1cc(C(=O)O)ccc1NC(=O)N1C2CCC1CC(OCc1c(C3CCC4(CC3)CC4)noc1C1CC1)C2. The van der Waals surface area contributed by atoms with Gasteiger partial charge in [-0.15, -0.1) is 0 Å². The first kappa shape index (κ1) is 26.8. The van der Waals surface area contributed by atoms with Crippen molar-refractivity contribution in [2.45, 2.75) is 121 Å². The molecule has 2 bridgehead atoms. The second-order valence-corrected chi connectivity index (χ2v) is 13.0. The zero-order valence-electron chi connectivity index (χ0n) is 23.9. The number of amides is 2. The summed E-state index contributed by atoms with van der Waals surface area (Å²) in [6.07, 6.45) is 13.9. The van der Waals surface area contributed by atoms with Gasteiger partial charge in [0.25, 0.3) is 0 Å². The number of fused-ring (bicyclic) bond motifs is 2. The standard InChI is InChI=1S/C32H41N3O6/c1-2-39-27-15-21(30(36)37)5-8-26(27)33-31(38)35-22-6-7-23(35)17-24(16-22)40-18-25-28(34-41-29(25)20-3-4-20)19-9-11-32(12-10-19)13-14-32/h5,8,15,19-20,22-24H,2-4,6-7,9-14,16-18H2,1H3,(H,33,38)(H,36,37). The summed E-state index contributed by atoms with van der Waals surface area (Å²) in [6.45, 7) is 2.76. The number of carboxylic acid groups (broad SMARTS) is 1. The molecule has 9 nitrogen and oxygen atoms in total. The minimum atomic E-state index is -1.03. The van der Waals surface area contributed by atoms with Crippen LogP contribution in [0.25, 0.3) is 0 Å². The Kier molecular flexibility index (Phi) is 6.96. The number of benzene rings is 1. The summed E-state index contributed by atoms with van der Waals surface area (Å²) in [6, 6.07) is 4.62. The van der Waals surface area contributed by atoms with Gasteiger partial charge in [0.05, 0.1) is 36.3 Å². The van der Waals surface area contributed by atoms with Gasteiger partial charge in [-0.1, -0.05) is 5.16 Å². The van der Waals surface area contributed by atoms with E-state index < -0.39 is 5.97 Å². The number of ether oxygens (including phenoxy) is 2. The number of urea groups is 1. The fraction of sp³-hybridized carbons (Fsp3) is 0.656. The molecule has 1 spiro atoms. The lowest BCUT2D eigenvalue weighted by atomic mass is 9.77. The van der Waals surface area contributed by atoms with Crippen molar-refractivity contribution in [3.05, 3.63) is 40.8 Å². The average molecular weight is 564 g/mol. The van der Waals surface area contributed by atoms with Crippen LogP contribution < -0.4 is 10.1 Å². The molecule has 1 aromatic heterocycles. The normalized spacial score (nSPS) is 26.8. The second-order valence-electron chi connectivity index (χ2n) is 13.0. The first-order chi connectivity index (χ1) is 19.9. The van der Waals surface area contributed by atoms with Gasteiger partial charge in [-0.05, 0) is 108 Å². The molecule has 2 atom stereocenters. The summed E-state index contributed by atoms with van der Waals surface area (Å²) >= 11 is 0. The zero-order chi connectivity index (χ0) is 28.1. The molecule has 41 heavy (non-hydrogen) atoms. The highest BCUT2D eigenvalue weighted by Gasteiger charge is 2.47. The van der Waals surface area contributed by atoms with E-state index in [1.807, 2.05) is 11.8 Å². The lowest BCUT2D eigenvalue weighted by Gasteiger charge is -2.38. The van der Waals surface area contributed by atoms with Crippen LogP contribution in [0.1, 0.15) is 123 Å². The number of nitrogens with one attached hydrogen (secondary N) is 1. The highest BCUT2D eigenvalue weighted by Crippen LogP contribution is 2.59. The molecule has 0 radical (unpaired) electrons. The molecule has 220 valence electrons. The molecular formula is C32H41N3O6. The number of carboxylic acids is 1. The van der Waals surface area contributed by atoms with Gasteiger partial charge >= 0.3 is 12.0 Å². The number of carbonyl (C=O) groups is 2. The van der Waals surface area contributed by atoms with Gasteiger partial charge in [-0.25, -0.2) is 9.59 Å². The first-order valence-corrected chi connectivity index (χ1v) is 15.6. The Morgan fingerprint density at radius 2 is 1.78 bits per heavy atom. The van der Waals surface area contributed by atoms with E-state index in [9.17, 15) is 14.7 Å². The Labute approximate surface area is 240 Å². The molecule has 2 saturated heterocycles. The van der Waals surface area contributed by atoms with Crippen molar-refractivity contribution in [2.24, 2.45) is 5.41 Å². The van der Waals surface area contributed by atoms with Crippen LogP contribution in [0.2, 0.25) is 0 Å². The van der Waals surface area contributed by atoms with Gasteiger partial charge in [0.2, 0.25) is 0 Å². The minimum Gasteiger partial charge on any atom is -0.492 e. The molecule has 2 amide bonds. The van der Waals surface area contributed by atoms with Gasteiger partial charge in [0, 0.05) is 29.5 Å². The van der Waals surface area contributed by atoms with E-state index in [0.29, 0.717) is 41.9 Å². The van der Waals surface area contributed by atoms with E-state index in [1.165, 1.54) is 69.1 Å². The smallest absolute Gasteiger partial charge is 0.335 e. The second kappa shape index (κ2) is 10.6. The number of anilines is 1. The fourth-order valence-electron chi connectivity index (χ4n) is 7.66. The Hall–Kier alpha value is -3.07. The third-order valence-electron chi connectivity index (χ3n) is 10.3. The summed E-state index contributed by atoms with van der Waals surface area (Å²) in [5.41, 5.74) is 3.64. The van der Waals surface area contributed by atoms with Crippen LogP contribution in [0, 0.1) is 5.41 Å². The maximum Gasteiger partial charge on any atom is 0.335 e. The third kappa shape index (κ3) is 5.33. The highest BCUT2D eigenvalue weighted by atomic mass is 16.5. The number of piperidine rings is 1. The van der Waals surface area contributed by atoms with Crippen LogP contribution in [0.5, 0.6) is 5.75 Å². The molecule has 3 aliphatic carbocycles. The van der Waals surface area contributed by atoms with Gasteiger partial charge < -0.3 is 29.3 Å². The summed E-state index contributed by atoms with van der Waals surface area (Å²) in [5, 5.41) is 17.0. The third-order valence-corrected chi connectivity index (χ3v) is 10.3. The number of hydrogen-bond donors (Lipinski definition) is 2. The number of nitrogens with zero attached hydrogens (tertiary/aromatic N) is 2. The molecule has 7 rings (SSSR count). The van der Waals surface area contributed by atoms with Crippen molar-refractivity contribution < 1.29 is 28.7 Å². The van der Waals surface area contributed by atoms with Gasteiger partial charge in [0.1, 0.15) is 11.5 Å². The van der Waals surface area contributed by atoms with Crippen LogP contribution in [-0.4, -0.2) is 52.0 Å². The molecule has 1 aromatic carbocycles. The lowest BCUT2D eigenvalue weighted by molar-refractivity contribution is -0.0163. The number of carbonyl (C=O) groups excluding carboxylic acids is 1. The van der Waals surface area contributed by atoms with Crippen LogP contribution in [-0.2, 0) is 11.3 Å². The van der Waals surface area contributed by atoms with Crippen molar-refractivity contribution in [3.63, 3.8) is 0 Å². The molecule has 5 aliphatic rings. The van der Waals surface area contributed by atoms with Crippen molar-refractivity contribution >= 4 is 17.7 Å². The topological polar surface area (TPSA) is 114 Å². The number of rotatable bonds is 9. The Morgan fingerprint density at radius 3 is 2.41 bits per heavy atom. The van der Waals surface area contributed by atoms with Crippen molar-refractivity contribution in [2.75, 3.05) is 11.9 Å².